The Morgan fingerprint density at radius 2 is 1.84 bits per heavy atom. The van der Waals surface area contributed by atoms with Crippen molar-refractivity contribution in [2.24, 2.45) is 0 Å². The van der Waals surface area contributed by atoms with Gasteiger partial charge in [-0.15, -0.1) is 10.2 Å². The minimum atomic E-state index is -4.39. The molecule has 0 aliphatic carbocycles. The lowest BCUT2D eigenvalue weighted by molar-refractivity contribution is -0.137. The van der Waals surface area contributed by atoms with Crippen LogP contribution >= 0.6 is 11.8 Å². The first kappa shape index (κ1) is 17.3. The summed E-state index contributed by atoms with van der Waals surface area (Å²) in [6.07, 6.45) is -3.59. The average molecular weight is 367 g/mol. The lowest BCUT2D eigenvalue weighted by Crippen LogP contribution is -2.05. The lowest BCUT2D eigenvalue weighted by atomic mass is 10.2. The van der Waals surface area contributed by atoms with Crippen LogP contribution in [0.1, 0.15) is 11.5 Å². The van der Waals surface area contributed by atoms with E-state index in [1.807, 2.05) is 0 Å². The summed E-state index contributed by atoms with van der Waals surface area (Å²) in [6.45, 7) is 0. The van der Waals surface area contributed by atoms with Gasteiger partial charge in [0.05, 0.1) is 23.5 Å². The van der Waals surface area contributed by atoms with Crippen molar-refractivity contribution in [1.29, 1.82) is 0 Å². The number of hydrogen-bond acceptors (Lipinski definition) is 6. The Balaban J connectivity index is 1.63. The Labute approximate surface area is 145 Å². The number of rotatable bonds is 5. The predicted octanol–water partition coefficient (Wildman–Crippen LogP) is 4.45. The van der Waals surface area contributed by atoms with Crippen LogP contribution in [0, 0.1) is 0 Å². The zero-order chi connectivity index (χ0) is 17.9. The highest BCUT2D eigenvalue weighted by molar-refractivity contribution is 7.98. The lowest BCUT2D eigenvalue weighted by Gasteiger charge is -2.05. The van der Waals surface area contributed by atoms with Gasteiger partial charge in [-0.25, -0.2) is 4.98 Å². The van der Waals surface area contributed by atoms with Crippen LogP contribution in [0.4, 0.5) is 13.2 Å². The van der Waals surface area contributed by atoms with Gasteiger partial charge in [-0.2, -0.15) is 13.2 Å². The van der Waals surface area contributed by atoms with Crippen LogP contribution in [0.5, 0.6) is 5.75 Å². The van der Waals surface area contributed by atoms with Gasteiger partial charge in [-0.05, 0) is 36.4 Å². The Hall–Kier alpha value is -2.55. The first-order valence-corrected chi connectivity index (χ1v) is 8.07. The molecular formula is C16H12F3N3O2S. The Morgan fingerprint density at radius 3 is 2.44 bits per heavy atom. The minimum Gasteiger partial charge on any atom is -0.497 e. The van der Waals surface area contributed by atoms with Gasteiger partial charge in [0.1, 0.15) is 5.75 Å². The van der Waals surface area contributed by atoms with Crippen molar-refractivity contribution in [3.63, 3.8) is 0 Å². The molecule has 0 fully saturated rings. The van der Waals surface area contributed by atoms with Crippen molar-refractivity contribution >= 4 is 11.8 Å². The molecule has 0 N–H and O–H groups in total. The molecule has 3 rings (SSSR count). The Bertz CT molecular complexity index is 833. The molecule has 5 nitrogen and oxygen atoms in total. The highest BCUT2D eigenvalue weighted by atomic mass is 32.2. The molecule has 0 aliphatic heterocycles. The van der Waals surface area contributed by atoms with Crippen molar-refractivity contribution in [1.82, 2.24) is 15.2 Å². The summed E-state index contributed by atoms with van der Waals surface area (Å²) >= 11 is 1.21. The maximum Gasteiger partial charge on any atom is 0.417 e. The molecule has 25 heavy (non-hydrogen) atoms. The van der Waals surface area contributed by atoms with Crippen molar-refractivity contribution in [2.45, 2.75) is 17.0 Å². The van der Waals surface area contributed by atoms with E-state index in [1.54, 1.807) is 31.4 Å². The van der Waals surface area contributed by atoms with E-state index in [0.29, 0.717) is 28.3 Å². The van der Waals surface area contributed by atoms with Crippen molar-refractivity contribution in [3.05, 3.63) is 54.0 Å². The van der Waals surface area contributed by atoms with Crippen LogP contribution in [0.3, 0.4) is 0 Å². The van der Waals surface area contributed by atoms with Gasteiger partial charge < -0.3 is 9.15 Å². The molecule has 0 saturated carbocycles. The molecule has 3 aromatic rings. The molecule has 0 spiro atoms. The summed E-state index contributed by atoms with van der Waals surface area (Å²) in [4.78, 5) is 3.78. The molecule has 9 heteroatoms. The minimum absolute atomic E-state index is 0.307. The van der Waals surface area contributed by atoms with E-state index in [1.165, 1.54) is 17.8 Å². The summed E-state index contributed by atoms with van der Waals surface area (Å²) in [5.41, 5.74) is -0.0337. The number of methoxy groups -OCH3 is 1. The van der Waals surface area contributed by atoms with E-state index in [4.69, 9.17) is 9.15 Å². The van der Waals surface area contributed by atoms with Crippen LogP contribution in [0.25, 0.3) is 11.5 Å². The fraction of sp³-hybridized carbons (Fsp3) is 0.188. The van der Waals surface area contributed by atoms with Crippen LogP contribution in [-0.4, -0.2) is 22.3 Å². The van der Waals surface area contributed by atoms with E-state index in [-0.39, 0.29) is 0 Å². The predicted molar refractivity (Wildman–Crippen MR) is 85.1 cm³/mol. The van der Waals surface area contributed by atoms with Crippen molar-refractivity contribution in [2.75, 3.05) is 7.11 Å². The van der Waals surface area contributed by atoms with Crippen molar-refractivity contribution in [3.8, 4) is 17.2 Å². The van der Waals surface area contributed by atoms with E-state index in [0.717, 1.165) is 17.8 Å². The molecule has 0 radical (unpaired) electrons. The summed E-state index contributed by atoms with van der Waals surface area (Å²) in [6, 6.07) is 9.45. The van der Waals surface area contributed by atoms with Gasteiger partial charge in [-0.3, -0.25) is 0 Å². The van der Waals surface area contributed by atoms with Gasteiger partial charge in [0, 0.05) is 11.8 Å². The number of ether oxygens (including phenoxy) is 1. The first-order valence-electron chi connectivity index (χ1n) is 7.08. The normalized spacial score (nSPS) is 11.5. The summed E-state index contributed by atoms with van der Waals surface area (Å²) < 4.78 is 48.1. The number of alkyl halides is 3. The molecule has 0 bridgehead atoms. The van der Waals surface area contributed by atoms with Gasteiger partial charge >= 0.3 is 6.18 Å². The van der Waals surface area contributed by atoms with E-state index in [9.17, 15) is 13.2 Å². The van der Waals surface area contributed by atoms with Gasteiger partial charge in [0.2, 0.25) is 11.8 Å². The topological polar surface area (TPSA) is 61.0 Å². The molecule has 0 aliphatic rings. The average Bonchev–Trinajstić information content (AvgIpc) is 3.09. The smallest absolute Gasteiger partial charge is 0.417 e. The zero-order valence-electron chi connectivity index (χ0n) is 12.9. The SMILES string of the molecule is COc1ccc(-c2nnc(CSc3ccc(C(F)(F)F)cn3)o2)cc1. The highest BCUT2D eigenvalue weighted by Crippen LogP contribution is 2.30. The summed E-state index contributed by atoms with van der Waals surface area (Å²) in [7, 11) is 1.58. The van der Waals surface area contributed by atoms with Crippen LogP contribution in [-0.2, 0) is 11.9 Å². The third-order valence-electron chi connectivity index (χ3n) is 3.21. The number of pyridine rings is 1. The number of benzene rings is 1. The van der Waals surface area contributed by atoms with Crippen LogP contribution in [0.15, 0.2) is 52.0 Å². The Kier molecular flexibility index (Phi) is 4.93. The molecule has 130 valence electrons. The third-order valence-corrected chi connectivity index (χ3v) is 4.14. The molecule has 0 atom stereocenters. The second-order valence-electron chi connectivity index (χ2n) is 4.90. The van der Waals surface area contributed by atoms with Crippen molar-refractivity contribution < 1.29 is 22.3 Å². The quantitative estimate of drug-likeness (QED) is 0.621. The van der Waals surface area contributed by atoms with E-state index in [2.05, 4.69) is 15.2 Å². The number of hydrogen-bond donors (Lipinski definition) is 0. The fourth-order valence-corrected chi connectivity index (χ4v) is 2.61. The standard InChI is InChI=1S/C16H12F3N3O2S/c1-23-12-5-2-10(3-6-12)15-22-21-13(24-15)9-25-14-7-4-11(8-20-14)16(17,18)19/h2-8H,9H2,1H3. The van der Waals surface area contributed by atoms with E-state index < -0.39 is 11.7 Å². The highest BCUT2D eigenvalue weighted by Gasteiger charge is 2.30. The molecular weight excluding hydrogens is 355 g/mol. The van der Waals surface area contributed by atoms with Gasteiger partial charge in [-0.1, -0.05) is 11.8 Å². The third kappa shape index (κ3) is 4.30. The molecule has 2 heterocycles. The van der Waals surface area contributed by atoms with E-state index >= 15 is 0 Å². The summed E-state index contributed by atoms with van der Waals surface area (Å²) in [5, 5.41) is 8.33. The fourth-order valence-electron chi connectivity index (χ4n) is 1.93. The maximum atomic E-state index is 12.5. The number of thioether (sulfide) groups is 1. The summed E-state index contributed by atoms with van der Waals surface area (Å²) in [5.74, 6) is 1.74. The molecule has 0 amide bonds. The molecule has 2 aromatic heterocycles. The van der Waals surface area contributed by atoms with Crippen LogP contribution < -0.4 is 4.74 Å². The molecule has 0 unspecified atom stereocenters. The second kappa shape index (κ2) is 7.14. The number of aromatic nitrogens is 3. The zero-order valence-corrected chi connectivity index (χ0v) is 13.8. The first-order chi connectivity index (χ1) is 12.0. The second-order valence-corrected chi connectivity index (χ2v) is 5.90. The number of halogens is 3. The molecule has 1 aromatic carbocycles. The maximum absolute atomic E-state index is 12.5. The largest absolute Gasteiger partial charge is 0.497 e. The Morgan fingerprint density at radius 1 is 1.08 bits per heavy atom. The monoisotopic (exact) mass is 367 g/mol. The number of nitrogens with zero attached hydrogens (tertiary/aromatic N) is 3. The van der Waals surface area contributed by atoms with Gasteiger partial charge in [0.25, 0.3) is 0 Å². The molecule has 0 saturated heterocycles. The van der Waals surface area contributed by atoms with Gasteiger partial charge in [0.15, 0.2) is 0 Å². The van der Waals surface area contributed by atoms with Crippen LogP contribution in [0.2, 0.25) is 0 Å².